The molecule has 106 valence electrons. The molecule has 0 heterocycles. The molecule has 0 aromatic heterocycles. The van der Waals surface area contributed by atoms with Crippen molar-refractivity contribution in [3.05, 3.63) is 76.8 Å². The van der Waals surface area contributed by atoms with Crippen molar-refractivity contribution in [1.82, 2.24) is 0 Å². The molecule has 0 bridgehead atoms. The molecule has 1 aliphatic rings. The molecule has 0 amide bonds. The van der Waals surface area contributed by atoms with E-state index in [-0.39, 0.29) is 5.78 Å². The number of anilines is 1. The van der Waals surface area contributed by atoms with Gasteiger partial charge in [0.1, 0.15) is 5.71 Å². The first-order chi connectivity index (χ1) is 10.7. The number of hydrazone groups is 1. The molecule has 0 unspecified atom stereocenters. The first kappa shape index (κ1) is 13.0. The van der Waals surface area contributed by atoms with Crippen LogP contribution in [0.25, 0.3) is 10.8 Å². The van der Waals surface area contributed by atoms with E-state index in [4.69, 9.17) is 11.6 Å². The summed E-state index contributed by atoms with van der Waals surface area (Å²) < 4.78 is 0. The smallest absolute Gasteiger partial charge is 0.214 e. The maximum absolute atomic E-state index is 12.6. The van der Waals surface area contributed by atoms with Crippen LogP contribution in [0, 0.1) is 0 Å². The van der Waals surface area contributed by atoms with E-state index in [1.54, 1.807) is 12.1 Å². The van der Waals surface area contributed by atoms with Gasteiger partial charge in [-0.3, -0.25) is 10.2 Å². The largest absolute Gasteiger partial charge is 0.287 e. The Morgan fingerprint density at radius 3 is 2.27 bits per heavy atom. The molecule has 0 aliphatic heterocycles. The van der Waals surface area contributed by atoms with E-state index in [0.29, 0.717) is 16.3 Å². The molecule has 0 fully saturated rings. The van der Waals surface area contributed by atoms with Crippen molar-refractivity contribution in [2.45, 2.75) is 0 Å². The van der Waals surface area contributed by atoms with Crippen molar-refractivity contribution in [3.63, 3.8) is 0 Å². The summed E-state index contributed by atoms with van der Waals surface area (Å²) in [5.41, 5.74) is 5.75. The van der Waals surface area contributed by atoms with Crippen molar-refractivity contribution in [2.24, 2.45) is 5.10 Å². The number of benzene rings is 3. The first-order valence-electron chi connectivity index (χ1n) is 6.90. The minimum Gasteiger partial charge on any atom is -0.287 e. The van der Waals surface area contributed by atoms with Gasteiger partial charge >= 0.3 is 0 Å². The van der Waals surface area contributed by atoms with Crippen LogP contribution < -0.4 is 5.43 Å². The molecule has 0 radical (unpaired) electrons. The molecular weight excluding hydrogens is 296 g/mol. The summed E-state index contributed by atoms with van der Waals surface area (Å²) in [6.45, 7) is 0. The lowest BCUT2D eigenvalue weighted by atomic mass is 10.1. The lowest BCUT2D eigenvalue weighted by Gasteiger charge is -2.02. The minimum atomic E-state index is -0.0479. The predicted octanol–water partition coefficient (Wildman–Crippen LogP) is 4.51. The summed E-state index contributed by atoms with van der Waals surface area (Å²) >= 11 is 5.86. The Morgan fingerprint density at radius 1 is 0.864 bits per heavy atom. The quantitative estimate of drug-likeness (QED) is 0.708. The zero-order chi connectivity index (χ0) is 15.1. The second kappa shape index (κ2) is 4.97. The predicted molar refractivity (Wildman–Crippen MR) is 89.9 cm³/mol. The molecule has 0 atom stereocenters. The number of hydrogen-bond donors (Lipinski definition) is 1. The molecule has 22 heavy (non-hydrogen) atoms. The number of carbonyl (C=O) groups excluding carboxylic acids is 1. The van der Waals surface area contributed by atoms with E-state index >= 15 is 0 Å². The molecule has 3 nitrogen and oxygen atoms in total. The number of Topliss-reactive ketones (excluding diaryl/α,β-unsaturated/α-hetero) is 1. The van der Waals surface area contributed by atoms with Gasteiger partial charge in [-0.25, -0.2) is 0 Å². The van der Waals surface area contributed by atoms with E-state index < -0.39 is 0 Å². The lowest BCUT2D eigenvalue weighted by molar-refractivity contribution is 0.107. The van der Waals surface area contributed by atoms with Crippen LogP contribution >= 0.6 is 11.6 Å². The van der Waals surface area contributed by atoms with Gasteiger partial charge in [-0.05, 0) is 29.7 Å². The van der Waals surface area contributed by atoms with Crippen LogP contribution in [0.3, 0.4) is 0 Å². The number of nitrogens with one attached hydrogen (secondary N) is 1. The first-order valence-corrected chi connectivity index (χ1v) is 7.28. The third kappa shape index (κ3) is 1.98. The van der Waals surface area contributed by atoms with Gasteiger partial charge in [-0.1, -0.05) is 48.0 Å². The van der Waals surface area contributed by atoms with Crippen molar-refractivity contribution >= 4 is 39.6 Å². The van der Waals surface area contributed by atoms with Gasteiger partial charge in [0.2, 0.25) is 5.78 Å². The summed E-state index contributed by atoms with van der Waals surface area (Å²) in [6, 6.07) is 18.8. The molecular formula is C18H11ClN2O. The normalized spacial score (nSPS) is 14.8. The maximum Gasteiger partial charge on any atom is 0.214 e. The van der Waals surface area contributed by atoms with Gasteiger partial charge in [-0.15, -0.1) is 0 Å². The summed E-state index contributed by atoms with van der Waals surface area (Å²) in [5, 5.41) is 7.01. The zero-order valence-electron chi connectivity index (χ0n) is 11.5. The van der Waals surface area contributed by atoms with Gasteiger partial charge in [0.05, 0.1) is 5.69 Å². The second-order valence-corrected chi connectivity index (χ2v) is 5.55. The number of hydrogen-bond acceptors (Lipinski definition) is 3. The monoisotopic (exact) mass is 306 g/mol. The third-order valence-corrected chi connectivity index (χ3v) is 4.01. The van der Waals surface area contributed by atoms with E-state index in [1.807, 2.05) is 48.5 Å². The Hall–Kier alpha value is -2.65. The van der Waals surface area contributed by atoms with Crippen molar-refractivity contribution in [1.29, 1.82) is 0 Å². The average Bonchev–Trinajstić information content (AvgIpc) is 2.82. The Kier molecular flexibility index (Phi) is 2.94. The van der Waals surface area contributed by atoms with Crippen molar-refractivity contribution in [3.8, 4) is 0 Å². The highest BCUT2D eigenvalue weighted by atomic mass is 35.5. The Balaban J connectivity index is 1.78. The molecule has 0 spiro atoms. The fraction of sp³-hybridized carbons (Fsp3) is 0. The highest BCUT2D eigenvalue weighted by Crippen LogP contribution is 2.31. The Labute approximate surface area is 132 Å². The van der Waals surface area contributed by atoms with Crippen LogP contribution in [-0.2, 0) is 0 Å². The highest BCUT2D eigenvalue weighted by Gasteiger charge is 2.28. The molecule has 1 N–H and O–H groups in total. The van der Waals surface area contributed by atoms with Gasteiger partial charge in [0.15, 0.2) is 0 Å². The molecule has 0 saturated heterocycles. The standard InChI is InChI=1S/C18H11ClN2O/c19-12-7-9-13(10-8-12)20-21-17-14-5-1-3-11-4-2-6-15(16(11)14)18(17)22/h1-10,20H/b21-17-. The zero-order valence-corrected chi connectivity index (χ0v) is 12.3. The van der Waals surface area contributed by atoms with Crippen molar-refractivity contribution in [2.75, 3.05) is 5.43 Å². The number of carbonyl (C=O) groups is 1. The number of rotatable bonds is 2. The van der Waals surface area contributed by atoms with Crippen LogP contribution in [0.15, 0.2) is 65.8 Å². The summed E-state index contributed by atoms with van der Waals surface area (Å²) in [4.78, 5) is 12.6. The van der Waals surface area contributed by atoms with Crippen LogP contribution in [0.1, 0.15) is 15.9 Å². The third-order valence-electron chi connectivity index (χ3n) is 3.76. The fourth-order valence-corrected chi connectivity index (χ4v) is 2.86. The maximum atomic E-state index is 12.6. The number of nitrogens with zero attached hydrogens (tertiary/aromatic N) is 1. The van der Waals surface area contributed by atoms with Crippen molar-refractivity contribution < 1.29 is 4.79 Å². The van der Waals surface area contributed by atoms with E-state index in [2.05, 4.69) is 10.5 Å². The van der Waals surface area contributed by atoms with Gasteiger partial charge in [-0.2, -0.15) is 5.10 Å². The second-order valence-electron chi connectivity index (χ2n) is 5.12. The summed E-state index contributed by atoms with van der Waals surface area (Å²) in [5.74, 6) is -0.0479. The van der Waals surface area contributed by atoms with E-state index in [1.165, 1.54) is 0 Å². The topological polar surface area (TPSA) is 41.5 Å². The average molecular weight is 307 g/mol. The van der Waals surface area contributed by atoms with E-state index in [9.17, 15) is 4.79 Å². The Morgan fingerprint density at radius 2 is 1.55 bits per heavy atom. The van der Waals surface area contributed by atoms with Gasteiger partial charge in [0.25, 0.3) is 0 Å². The fourth-order valence-electron chi connectivity index (χ4n) is 2.73. The lowest BCUT2D eigenvalue weighted by Crippen LogP contribution is -2.11. The SMILES string of the molecule is O=C1/C(=N\Nc2ccc(Cl)cc2)c2cccc3cccc1c23. The minimum absolute atomic E-state index is 0.0479. The molecule has 3 aromatic carbocycles. The summed E-state index contributed by atoms with van der Waals surface area (Å²) in [6.07, 6.45) is 0. The Bertz CT molecular complexity index is 924. The molecule has 4 rings (SSSR count). The molecule has 0 saturated carbocycles. The summed E-state index contributed by atoms with van der Waals surface area (Å²) in [7, 11) is 0. The number of halogens is 1. The van der Waals surface area contributed by atoms with Gasteiger partial charge < -0.3 is 0 Å². The van der Waals surface area contributed by atoms with Crippen LogP contribution in [0.5, 0.6) is 0 Å². The molecule has 4 heteroatoms. The molecule has 3 aromatic rings. The van der Waals surface area contributed by atoms with Crippen LogP contribution in [0.2, 0.25) is 5.02 Å². The van der Waals surface area contributed by atoms with Crippen LogP contribution in [-0.4, -0.2) is 11.5 Å². The molecule has 1 aliphatic carbocycles. The number of ketones is 1. The van der Waals surface area contributed by atoms with Crippen LogP contribution in [0.4, 0.5) is 5.69 Å². The van der Waals surface area contributed by atoms with Gasteiger partial charge in [0, 0.05) is 21.5 Å². The van der Waals surface area contributed by atoms with E-state index in [0.717, 1.165) is 22.0 Å². The highest BCUT2D eigenvalue weighted by molar-refractivity contribution is 6.59.